The van der Waals surface area contributed by atoms with E-state index in [2.05, 4.69) is 27.7 Å². The zero-order valence-corrected chi connectivity index (χ0v) is 36.0. The molecule has 1 spiro atoms. The number of hydrogen-bond acceptors (Lipinski definition) is 17. The third-order valence-electron chi connectivity index (χ3n) is 17.9. The first-order valence-electron chi connectivity index (χ1n) is 23.2. The van der Waals surface area contributed by atoms with Crippen molar-refractivity contribution in [2.45, 2.75) is 196 Å². The van der Waals surface area contributed by atoms with Crippen LogP contribution < -0.4 is 0 Å². The number of aliphatic hydroxyl groups is 9. The van der Waals surface area contributed by atoms with Gasteiger partial charge in [0.05, 0.1) is 38.6 Å². The standard InChI is InChI=1S/C44H72O17/c1-19-7-12-44(55-17-19)20(2)30-27(61-44)14-25-23-6-5-21-13-22(8-10-42(21,3)24(23)9-11-43(25,30)4)56-41-38(60-40-36(53)34(51)32(49)28(15-45)57-40)37(33(50)29(16-46)58-41)59-39-35(52)31(48)26(47)18-54-39/h19-41,45-53H,5-18H2,1-4H3/t19-,20+,21?,22?,23-,24+,25+,26-,27+,28-,29-,30+,31+,32-,33-,34+,35-,36-,37+,38-,39+,40+,41-,42+,43+,44-/m1/s1. The second kappa shape index (κ2) is 17.2. The fraction of sp³-hybridized carbons (Fsp3) is 1.00. The van der Waals surface area contributed by atoms with Crippen molar-refractivity contribution in [2.24, 2.45) is 52.3 Å². The van der Waals surface area contributed by atoms with Crippen molar-refractivity contribution in [3.05, 3.63) is 0 Å². The minimum Gasteiger partial charge on any atom is -0.394 e. The summed E-state index contributed by atoms with van der Waals surface area (Å²) in [6.07, 6.45) is -11.8. The molecular weight excluding hydrogens is 800 g/mol. The molecule has 5 aliphatic heterocycles. The largest absolute Gasteiger partial charge is 0.394 e. The molecule has 5 heterocycles. The van der Waals surface area contributed by atoms with Gasteiger partial charge in [-0.2, -0.15) is 0 Å². The Balaban J connectivity index is 0.917. The van der Waals surface area contributed by atoms with Crippen LogP contribution in [0.25, 0.3) is 0 Å². The topological polar surface area (TPSA) is 256 Å². The smallest absolute Gasteiger partial charge is 0.187 e. The summed E-state index contributed by atoms with van der Waals surface area (Å²) in [7, 11) is 0. The van der Waals surface area contributed by atoms with E-state index in [9.17, 15) is 46.0 Å². The first-order chi connectivity index (χ1) is 29.0. The highest BCUT2D eigenvalue weighted by molar-refractivity contribution is 5.15. The summed E-state index contributed by atoms with van der Waals surface area (Å²) in [5, 5.41) is 95.1. The average Bonchev–Trinajstić information content (AvgIpc) is 3.69. The lowest BCUT2D eigenvalue weighted by Gasteiger charge is -2.61. The molecule has 17 heteroatoms. The van der Waals surface area contributed by atoms with Gasteiger partial charge < -0.3 is 83.9 Å². The Labute approximate surface area is 357 Å². The number of hydrogen-bond donors (Lipinski definition) is 9. The van der Waals surface area contributed by atoms with E-state index < -0.39 is 112 Å². The molecule has 9 rings (SSSR count). The Hall–Kier alpha value is -0.680. The molecule has 61 heavy (non-hydrogen) atoms. The Bertz CT molecular complexity index is 1520. The van der Waals surface area contributed by atoms with Gasteiger partial charge in [0, 0.05) is 12.3 Å². The average molecular weight is 873 g/mol. The van der Waals surface area contributed by atoms with Crippen molar-refractivity contribution in [1.29, 1.82) is 0 Å². The maximum absolute atomic E-state index is 11.5. The lowest BCUT2D eigenvalue weighted by atomic mass is 9.44. The molecule has 0 bridgehead atoms. The number of ether oxygens (including phenoxy) is 8. The summed E-state index contributed by atoms with van der Waals surface area (Å²) in [5.74, 6) is 3.12. The highest BCUT2D eigenvalue weighted by Crippen LogP contribution is 2.71. The van der Waals surface area contributed by atoms with Gasteiger partial charge in [0.2, 0.25) is 0 Å². The van der Waals surface area contributed by atoms with Gasteiger partial charge >= 0.3 is 0 Å². The Kier molecular flexibility index (Phi) is 12.8. The Morgan fingerprint density at radius 2 is 1.30 bits per heavy atom. The van der Waals surface area contributed by atoms with E-state index in [1.807, 2.05) is 0 Å². The van der Waals surface area contributed by atoms with E-state index in [-0.39, 0.29) is 23.0 Å². The molecule has 9 fully saturated rings. The monoisotopic (exact) mass is 872 g/mol. The van der Waals surface area contributed by atoms with Crippen molar-refractivity contribution < 1.29 is 83.9 Å². The van der Waals surface area contributed by atoms with Crippen LogP contribution >= 0.6 is 0 Å². The minimum absolute atomic E-state index is 0.0904. The maximum Gasteiger partial charge on any atom is 0.187 e. The molecule has 4 saturated carbocycles. The van der Waals surface area contributed by atoms with Crippen molar-refractivity contribution in [3.8, 4) is 0 Å². The Morgan fingerprint density at radius 3 is 2.02 bits per heavy atom. The van der Waals surface area contributed by atoms with Crippen LogP contribution in [0.4, 0.5) is 0 Å². The van der Waals surface area contributed by atoms with Gasteiger partial charge in [-0.1, -0.05) is 27.7 Å². The zero-order chi connectivity index (χ0) is 43.3. The lowest BCUT2D eigenvalue weighted by Crippen LogP contribution is -2.67. The van der Waals surface area contributed by atoms with Gasteiger partial charge in [0.15, 0.2) is 24.7 Å². The van der Waals surface area contributed by atoms with E-state index in [4.69, 9.17) is 37.9 Å². The molecule has 9 aliphatic rings. The van der Waals surface area contributed by atoms with E-state index in [0.29, 0.717) is 47.8 Å². The summed E-state index contributed by atoms with van der Waals surface area (Å²) in [5.41, 5.74) is 0.301. The van der Waals surface area contributed by atoms with Crippen LogP contribution in [0.3, 0.4) is 0 Å². The molecule has 2 unspecified atom stereocenters. The Morgan fingerprint density at radius 1 is 0.607 bits per heavy atom. The molecule has 0 aromatic heterocycles. The first kappa shape index (κ1) is 45.5. The summed E-state index contributed by atoms with van der Waals surface area (Å²) in [6.45, 7) is 8.68. The van der Waals surface area contributed by atoms with Crippen LogP contribution in [0.15, 0.2) is 0 Å². The van der Waals surface area contributed by atoms with Crippen molar-refractivity contribution in [2.75, 3.05) is 26.4 Å². The third-order valence-corrected chi connectivity index (χ3v) is 17.9. The molecule has 0 aromatic carbocycles. The minimum atomic E-state index is -1.82. The SMILES string of the molecule is C[C@@H]1CC[C@@]2(OC1)O[C@H]1C[C@H]3[C@@H]4CCC5CC(O[C@@H]6O[C@H](CO)[C@@H](O)[C@H](O[C@@H]7OC[C@@H](O)[C@H](O)[C@H]7O)[C@H]6O[C@@H]6O[C@H](CO)[C@@H](O)[C@H](O)[C@H]6O)CC[C@]5(C)[C@H]4CC[C@]3(C)[C@H]1[C@@H]2C. The maximum atomic E-state index is 11.5. The number of aliphatic hydroxyl groups excluding tert-OH is 9. The summed E-state index contributed by atoms with van der Waals surface area (Å²) >= 11 is 0. The quantitative estimate of drug-likeness (QED) is 0.145. The predicted octanol–water partition coefficient (Wildman–Crippen LogP) is -0.0945. The van der Waals surface area contributed by atoms with Gasteiger partial charge in [-0.25, -0.2) is 0 Å². The van der Waals surface area contributed by atoms with Crippen LogP contribution in [-0.2, 0) is 37.9 Å². The molecule has 0 aromatic rings. The van der Waals surface area contributed by atoms with Crippen molar-refractivity contribution in [1.82, 2.24) is 0 Å². The highest BCUT2D eigenvalue weighted by Gasteiger charge is 2.69. The van der Waals surface area contributed by atoms with E-state index >= 15 is 0 Å². The summed E-state index contributed by atoms with van der Waals surface area (Å²) in [6, 6.07) is 0. The second-order valence-corrected chi connectivity index (χ2v) is 21.1. The highest BCUT2D eigenvalue weighted by atomic mass is 16.8. The molecule has 9 N–H and O–H groups in total. The third kappa shape index (κ3) is 7.58. The van der Waals surface area contributed by atoms with Crippen LogP contribution in [0.1, 0.15) is 91.9 Å². The molecule has 17 nitrogen and oxygen atoms in total. The second-order valence-electron chi connectivity index (χ2n) is 21.1. The zero-order valence-electron chi connectivity index (χ0n) is 36.0. The molecular formula is C44H72O17. The fourth-order valence-corrected chi connectivity index (χ4v) is 14.4. The molecule has 26 atom stereocenters. The van der Waals surface area contributed by atoms with Gasteiger partial charge in [0.1, 0.15) is 67.1 Å². The van der Waals surface area contributed by atoms with Crippen LogP contribution in [0.5, 0.6) is 0 Å². The molecule has 5 saturated heterocycles. The van der Waals surface area contributed by atoms with E-state index in [0.717, 1.165) is 51.6 Å². The lowest BCUT2D eigenvalue weighted by molar-refractivity contribution is -0.392. The predicted molar refractivity (Wildman–Crippen MR) is 210 cm³/mol. The van der Waals surface area contributed by atoms with Crippen molar-refractivity contribution in [3.63, 3.8) is 0 Å². The number of rotatable bonds is 8. The van der Waals surface area contributed by atoms with Crippen molar-refractivity contribution >= 4 is 0 Å². The van der Waals surface area contributed by atoms with Gasteiger partial charge in [-0.3, -0.25) is 0 Å². The van der Waals surface area contributed by atoms with Gasteiger partial charge in [0.25, 0.3) is 0 Å². The van der Waals surface area contributed by atoms with Gasteiger partial charge in [-0.15, -0.1) is 0 Å². The molecule has 350 valence electrons. The first-order valence-corrected chi connectivity index (χ1v) is 23.2. The fourth-order valence-electron chi connectivity index (χ4n) is 14.4. The van der Waals surface area contributed by atoms with E-state index in [1.165, 1.54) is 12.8 Å². The summed E-state index contributed by atoms with van der Waals surface area (Å²) < 4.78 is 50.0. The van der Waals surface area contributed by atoms with Crippen LogP contribution in [0, 0.1) is 52.3 Å². The normalized spacial score (nSPS) is 58.5. The molecule has 4 aliphatic carbocycles. The van der Waals surface area contributed by atoms with E-state index in [1.54, 1.807) is 0 Å². The van der Waals surface area contributed by atoms with Crippen LogP contribution in [-0.4, -0.2) is 176 Å². The van der Waals surface area contributed by atoms with Crippen LogP contribution in [0.2, 0.25) is 0 Å². The number of fused-ring (bicyclic) bond motifs is 7. The van der Waals surface area contributed by atoms with Gasteiger partial charge in [-0.05, 0) is 104 Å². The summed E-state index contributed by atoms with van der Waals surface area (Å²) in [4.78, 5) is 0. The molecule has 0 amide bonds. The molecule has 0 radical (unpaired) electrons.